The highest BCUT2D eigenvalue weighted by Crippen LogP contribution is 2.36. The predicted molar refractivity (Wildman–Crippen MR) is 107 cm³/mol. The zero-order chi connectivity index (χ0) is 21.0. The number of hydrogen-bond donors (Lipinski definition) is 1. The van der Waals surface area contributed by atoms with Gasteiger partial charge in [-0.2, -0.15) is 0 Å². The third-order valence-electron chi connectivity index (χ3n) is 3.68. The van der Waals surface area contributed by atoms with Gasteiger partial charge >= 0.3 is 11.9 Å². The molecule has 150 valence electrons. The van der Waals surface area contributed by atoms with E-state index in [1.54, 1.807) is 13.8 Å². The normalized spacial score (nSPS) is 10.4. The minimum atomic E-state index is -0.669. The van der Waals surface area contributed by atoms with E-state index in [1.165, 1.54) is 26.4 Å². The fourth-order valence-corrected chi connectivity index (χ4v) is 4.12. The van der Waals surface area contributed by atoms with Crippen LogP contribution < -0.4 is 10.1 Å². The van der Waals surface area contributed by atoms with Crippen LogP contribution in [0.2, 0.25) is 10.0 Å². The number of anilines is 1. The average Bonchev–Trinajstić information content (AvgIpc) is 2.96. The van der Waals surface area contributed by atoms with Crippen molar-refractivity contribution >= 4 is 57.4 Å². The molecule has 0 saturated heterocycles. The molecule has 10 heteroatoms. The van der Waals surface area contributed by atoms with E-state index in [0.29, 0.717) is 5.56 Å². The van der Waals surface area contributed by atoms with Crippen molar-refractivity contribution in [3.8, 4) is 5.75 Å². The quantitative estimate of drug-likeness (QED) is 0.653. The maximum absolute atomic E-state index is 12.8. The number of carbonyl (C=O) groups excluding carboxylic acids is 3. The summed E-state index contributed by atoms with van der Waals surface area (Å²) in [6, 6.07) is 2.82. The van der Waals surface area contributed by atoms with Gasteiger partial charge in [-0.15, -0.1) is 11.3 Å². The van der Waals surface area contributed by atoms with Gasteiger partial charge in [-0.05, 0) is 31.5 Å². The fourth-order valence-electron chi connectivity index (χ4n) is 2.44. The zero-order valence-electron chi connectivity index (χ0n) is 15.5. The Morgan fingerprint density at radius 1 is 1.14 bits per heavy atom. The smallest absolute Gasteiger partial charge is 0.348 e. The van der Waals surface area contributed by atoms with Gasteiger partial charge in [-0.25, -0.2) is 9.59 Å². The molecule has 0 aliphatic rings. The van der Waals surface area contributed by atoms with Crippen LogP contribution in [0.1, 0.15) is 42.9 Å². The first-order valence-corrected chi connectivity index (χ1v) is 9.55. The summed E-state index contributed by atoms with van der Waals surface area (Å²) in [6.07, 6.45) is 0. The number of halogens is 2. The number of rotatable bonds is 6. The molecule has 0 bridgehead atoms. The van der Waals surface area contributed by atoms with Crippen LogP contribution in [0, 0.1) is 6.92 Å². The van der Waals surface area contributed by atoms with Crippen LogP contribution in [0.4, 0.5) is 5.00 Å². The van der Waals surface area contributed by atoms with Crippen molar-refractivity contribution in [1.82, 2.24) is 0 Å². The Labute approximate surface area is 175 Å². The molecule has 0 radical (unpaired) electrons. The highest BCUT2D eigenvalue weighted by Gasteiger charge is 2.28. The minimum absolute atomic E-state index is 0.0699. The average molecular weight is 446 g/mol. The number of hydrogen-bond acceptors (Lipinski definition) is 7. The minimum Gasteiger partial charge on any atom is -0.494 e. The van der Waals surface area contributed by atoms with E-state index in [-0.39, 0.29) is 43.4 Å². The second kappa shape index (κ2) is 9.27. The van der Waals surface area contributed by atoms with Crippen LogP contribution in [0.15, 0.2) is 12.1 Å². The van der Waals surface area contributed by atoms with E-state index in [0.717, 1.165) is 11.3 Å². The van der Waals surface area contributed by atoms with Crippen molar-refractivity contribution in [1.29, 1.82) is 0 Å². The van der Waals surface area contributed by atoms with Crippen LogP contribution in [0.25, 0.3) is 0 Å². The molecular weight excluding hydrogens is 429 g/mol. The van der Waals surface area contributed by atoms with Gasteiger partial charge in [0.1, 0.15) is 15.6 Å². The molecule has 0 saturated carbocycles. The maximum atomic E-state index is 12.8. The third-order valence-corrected chi connectivity index (χ3v) is 5.37. The molecule has 28 heavy (non-hydrogen) atoms. The summed E-state index contributed by atoms with van der Waals surface area (Å²) in [5.41, 5.74) is 0.495. The molecule has 7 nitrogen and oxygen atoms in total. The lowest BCUT2D eigenvalue weighted by Crippen LogP contribution is -2.16. The molecule has 0 aliphatic carbocycles. The van der Waals surface area contributed by atoms with Gasteiger partial charge in [-0.1, -0.05) is 23.2 Å². The summed E-state index contributed by atoms with van der Waals surface area (Å²) >= 11 is 13.0. The lowest BCUT2D eigenvalue weighted by atomic mass is 10.1. The molecule has 0 atom stereocenters. The van der Waals surface area contributed by atoms with Crippen LogP contribution >= 0.6 is 34.5 Å². The standard InChI is InChI=1S/C18H17Cl2NO6S/c1-5-27-17(23)12-8(2)14(18(24)26-4)28-16(12)21-15(22)10-6-9(19)7-11(20)13(10)25-3/h6-7H,5H2,1-4H3,(H,21,22). The van der Waals surface area contributed by atoms with Crippen molar-refractivity contribution in [2.45, 2.75) is 13.8 Å². The summed E-state index contributed by atoms with van der Waals surface area (Å²) in [5.74, 6) is -1.79. The molecule has 1 aromatic heterocycles. The van der Waals surface area contributed by atoms with E-state index in [9.17, 15) is 14.4 Å². The fraction of sp³-hybridized carbons (Fsp3) is 0.278. The first kappa shape index (κ1) is 22.0. The first-order valence-electron chi connectivity index (χ1n) is 7.98. The van der Waals surface area contributed by atoms with Gasteiger partial charge in [0, 0.05) is 5.02 Å². The Balaban J connectivity index is 2.52. The summed E-state index contributed by atoms with van der Waals surface area (Å²) in [6.45, 7) is 3.35. The molecule has 1 amide bonds. The number of thiophene rings is 1. The molecule has 1 aromatic carbocycles. The van der Waals surface area contributed by atoms with Gasteiger partial charge in [-0.3, -0.25) is 4.79 Å². The first-order chi connectivity index (χ1) is 13.2. The van der Waals surface area contributed by atoms with E-state index >= 15 is 0 Å². The third kappa shape index (κ3) is 4.40. The highest BCUT2D eigenvalue weighted by molar-refractivity contribution is 7.18. The van der Waals surface area contributed by atoms with Gasteiger partial charge in [0.15, 0.2) is 0 Å². The van der Waals surface area contributed by atoms with Gasteiger partial charge in [0.2, 0.25) is 0 Å². The van der Waals surface area contributed by atoms with Crippen molar-refractivity contribution in [3.05, 3.63) is 43.7 Å². The van der Waals surface area contributed by atoms with Crippen LogP contribution in [-0.2, 0) is 9.47 Å². The van der Waals surface area contributed by atoms with E-state index in [1.807, 2.05) is 0 Å². The predicted octanol–water partition coefficient (Wildman–Crippen LogP) is 4.59. The number of esters is 2. The van der Waals surface area contributed by atoms with Crippen LogP contribution in [0.5, 0.6) is 5.75 Å². The molecule has 0 fully saturated rings. The molecule has 0 spiro atoms. The van der Waals surface area contributed by atoms with Crippen LogP contribution in [0.3, 0.4) is 0 Å². The summed E-state index contributed by atoms with van der Waals surface area (Å²) in [4.78, 5) is 37.4. The van der Waals surface area contributed by atoms with Gasteiger partial charge in [0.25, 0.3) is 5.91 Å². The largest absolute Gasteiger partial charge is 0.494 e. The van der Waals surface area contributed by atoms with Gasteiger partial charge in [0.05, 0.1) is 37.0 Å². The number of methoxy groups -OCH3 is 2. The zero-order valence-corrected chi connectivity index (χ0v) is 17.8. The monoisotopic (exact) mass is 445 g/mol. The topological polar surface area (TPSA) is 90.9 Å². The number of amides is 1. The Morgan fingerprint density at radius 2 is 1.82 bits per heavy atom. The van der Waals surface area contributed by atoms with E-state index in [4.69, 9.17) is 37.4 Å². The molecule has 2 aromatic rings. The molecule has 1 N–H and O–H groups in total. The molecule has 0 unspecified atom stereocenters. The SMILES string of the molecule is CCOC(=O)c1c(NC(=O)c2cc(Cl)cc(Cl)c2OC)sc(C(=O)OC)c1C. The second-order valence-electron chi connectivity index (χ2n) is 5.39. The Morgan fingerprint density at radius 3 is 2.39 bits per heavy atom. The Bertz CT molecular complexity index is 941. The number of carbonyl (C=O) groups is 3. The number of benzene rings is 1. The maximum Gasteiger partial charge on any atom is 0.348 e. The van der Waals surface area contributed by atoms with Crippen molar-refractivity contribution in [2.24, 2.45) is 0 Å². The summed E-state index contributed by atoms with van der Waals surface area (Å²) in [5, 5.41) is 3.14. The van der Waals surface area contributed by atoms with Crippen molar-refractivity contribution < 1.29 is 28.6 Å². The molecule has 1 heterocycles. The summed E-state index contributed by atoms with van der Waals surface area (Å²) in [7, 11) is 2.59. The van der Waals surface area contributed by atoms with Crippen molar-refractivity contribution in [2.75, 3.05) is 26.1 Å². The van der Waals surface area contributed by atoms with Crippen LogP contribution in [-0.4, -0.2) is 38.7 Å². The highest BCUT2D eigenvalue weighted by atomic mass is 35.5. The number of ether oxygens (including phenoxy) is 3. The summed E-state index contributed by atoms with van der Waals surface area (Å²) < 4.78 is 15.0. The lowest BCUT2D eigenvalue weighted by Gasteiger charge is -2.11. The molecule has 2 rings (SSSR count). The van der Waals surface area contributed by atoms with Gasteiger partial charge < -0.3 is 19.5 Å². The second-order valence-corrected chi connectivity index (χ2v) is 7.26. The molecular formula is C18H17Cl2NO6S. The Kier molecular flexibility index (Phi) is 7.29. The Hall–Kier alpha value is -2.29. The molecule has 0 aliphatic heterocycles. The van der Waals surface area contributed by atoms with E-state index in [2.05, 4.69) is 5.32 Å². The number of nitrogens with one attached hydrogen (secondary N) is 1. The lowest BCUT2D eigenvalue weighted by molar-refractivity contribution is 0.0527. The van der Waals surface area contributed by atoms with E-state index < -0.39 is 17.8 Å². The van der Waals surface area contributed by atoms with Crippen molar-refractivity contribution in [3.63, 3.8) is 0 Å².